The number of aromatic nitrogens is 4. The second-order valence-corrected chi connectivity index (χ2v) is 6.30. The molecular formula is C20H21N5. The van der Waals surface area contributed by atoms with Crippen LogP contribution in [-0.2, 0) is 6.54 Å². The highest BCUT2D eigenvalue weighted by molar-refractivity contribution is 5.41. The predicted octanol–water partition coefficient (Wildman–Crippen LogP) is 3.68. The zero-order chi connectivity index (χ0) is 17.2. The molecule has 0 aliphatic rings. The lowest BCUT2D eigenvalue weighted by molar-refractivity contribution is 0.569. The summed E-state index contributed by atoms with van der Waals surface area (Å²) in [7, 11) is 0. The summed E-state index contributed by atoms with van der Waals surface area (Å²) in [4.78, 5) is 8.80. The summed E-state index contributed by atoms with van der Waals surface area (Å²) in [6.45, 7) is 5.00. The second kappa shape index (κ2) is 6.53. The zero-order valence-corrected chi connectivity index (χ0v) is 14.4. The van der Waals surface area contributed by atoms with Gasteiger partial charge in [-0.25, -0.2) is 9.97 Å². The van der Waals surface area contributed by atoms with E-state index in [1.54, 1.807) is 6.20 Å². The number of nitrogens with one attached hydrogen (secondary N) is 1. The van der Waals surface area contributed by atoms with Crippen LogP contribution in [0, 0.1) is 6.92 Å². The number of rotatable bonds is 5. The fraction of sp³-hybridized carbons (Fsp3) is 0.200. The van der Waals surface area contributed by atoms with Gasteiger partial charge in [0, 0.05) is 42.6 Å². The first kappa shape index (κ1) is 15.6. The van der Waals surface area contributed by atoms with E-state index in [0.29, 0.717) is 0 Å². The van der Waals surface area contributed by atoms with Crippen LogP contribution in [0.25, 0.3) is 11.3 Å². The Hall–Kier alpha value is -2.92. The van der Waals surface area contributed by atoms with Gasteiger partial charge in [-0.2, -0.15) is 0 Å². The molecule has 4 rings (SSSR count). The van der Waals surface area contributed by atoms with E-state index in [4.69, 9.17) is 0 Å². The number of nitrogens with zero attached hydrogens (tertiary/aromatic N) is 4. The van der Waals surface area contributed by atoms with Crippen LogP contribution in [0.5, 0.6) is 0 Å². The highest BCUT2D eigenvalue weighted by Gasteiger charge is 2.08. The van der Waals surface area contributed by atoms with Crippen molar-refractivity contribution in [3.63, 3.8) is 0 Å². The topological polar surface area (TPSA) is 47.2 Å². The Morgan fingerprint density at radius 2 is 2.04 bits per heavy atom. The summed E-state index contributed by atoms with van der Waals surface area (Å²) in [6.07, 6.45) is 7.67. The molecule has 1 atom stereocenters. The van der Waals surface area contributed by atoms with Crippen molar-refractivity contribution in [2.45, 2.75) is 26.4 Å². The van der Waals surface area contributed by atoms with E-state index in [0.717, 1.165) is 23.6 Å². The highest BCUT2D eigenvalue weighted by Crippen LogP contribution is 2.17. The number of imidazole rings is 2. The molecule has 0 aliphatic carbocycles. The first-order chi connectivity index (χ1) is 12.2. The van der Waals surface area contributed by atoms with E-state index in [9.17, 15) is 0 Å². The number of aryl methyl sites for hydroxylation is 1. The normalized spacial score (nSPS) is 12.6. The molecule has 3 aromatic heterocycles. The van der Waals surface area contributed by atoms with Gasteiger partial charge < -0.3 is 14.3 Å². The van der Waals surface area contributed by atoms with E-state index in [1.165, 1.54) is 11.3 Å². The van der Waals surface area contributed by atoms with Gasteiger partial charge in [0.05, 0.1) is 12.0 Å². The maximum atomic E-state index is 4.69. The average Bonchev–Trinajstić information content (AvgIpc) is 3.30. The summed E-state index contributed by atoms with van der Waals surface area (Å²) in [5, 5.41) is 3.57. The SMILES string of the molecule is Cc1cccc2nc(CN[C@H](C)c3cccc(-n4ccnc4)c3)cn12. The molecule has 0 aliphatic heterocycles. The molecule has 5 heteroatoms. The van der Waals surface area contributed by atoms with Crippen molar-refractivity contribution in [1.29, 1.82) is 0 Å². The number of hydrogen-bond acceptors (Lipinski definition) is 3. The standard InChI is InChI=1S/C20H21N5/c1-15-5-3-8-20-23-18(13-25(15)20)12-22-16(2)17-6-4-7-19(11-17)24-10-9-21-14-24/h3-11,13-14,16,22H,12H2,1-2H3/t16-/m1/s1. The predicted molar refractivity (Wildman–Crippen MR) is 98.7 cm³/mol. The minimum atomic E-state index is 0.231. The first-order valence-electron chi connectivity index (χ1n) is 8.46. The summed E-state index contributed by atoms with van der Waals surface area (Å²) in [6, 6.07) is 14.9. The van der Waals surface area contributed by atoms with Crippen LogP contribution in [0.1, 0.15) is 29.9 Å². The molecule has 0 fully saturated rings. The van der Waals surface area contributed by atoms with Crippen LogP contribution in [0.4, 0.5) is 0 Å². The van der Waals surface area contributed by atoms with E-state index in [1.807, 2.05) is 29.2 Å². The molecule has 25 heavy (non-hydrogen) atoms. The maximum absolute atomic E-state index is 4.69. The molecular weight excluding hydrogens is 310 g/mol. The van der Waals surface area contributed by atoms with Gasteiger partial charge in [-0.05, 0) is 43.7 Å². The lowest BCUT2D eigenvalue weighted by Crippen LogP contribution is -2.18. The Kier molecular flexibility index (Phi) is 4.07. The van der Waals surface area contributed by atoms with Crippen LogP contribution in [0.3, 0.4) is 0 Å². The summed E-state index contributed by atoms with van der Waals surface area (Å²) >= 11 is 0. The Morgan fingerprint density at radius 3 is 2.84 bits per heavy atom. The van der Waals surface area contributed by atoms with E-state index in [2.05, 4.69) is 70.1 Å². The number of fused-ring (bicyclic) bond motifs is 1. The number of hydrogen-bond donors (Lipinski definition) is 1. The largest absolute Gasteiger partial charge is 0.306 e. The van der Waals surface area contributed by atoms with Crippen molar-refractivity contribution in [2.75, 3.05) is 0 Å². The molecule has 1 aromatic carbocycles. The third kappa shape index (κ3) is 3.19. The molecule has 0 saturated heterocycles. The van der Waals surface area contributed by atoms with Crippen LogP contribution in [0.15, 0.2) is 67.4 Å². The average molecular weight is 331 g/mol. The fourth-order valence-electron chi connectivity index (χ4n) is 3.03. The number of pyridine rings is 1. The molecule has 3 heterocycles. The van der Waals surface area contributed by atoms with Gasteiger partial charge in [0.1, 0.15) is 5.65 Å². The summed E-state index contributed by atoms with van der Waals surface area (Å²) in [5.74, 6) is 0. The smallest absolute Gasteiger partial charge is 0.137 e. The molecule has 0 bridgehead atoms. The zero-order valence-electron chi connectivity index (χ0n) is 14.4. The Bertz CT molecular complexity index is 984. The maximum Gasteiger partial charge on any atom is 0.137 e. The fourth-order valence-corrected chi connectivity index (χ4v) is 3.03. The van der Waals surface area contributed by atoms with Gasteiger partial charge in [-0.1, -0.05) is 18.2 Å². The first-order valence-corrected chi connectivity index (χ1v) is 8.46. The third-order valence-electron chi connectivity index (χ3n) is 4.51. The van der Waals surface area contributed by atoms with Crippen LogP contribution in [-0.4, -0.2) is 18.9 Å². The van der Waals surface area contributed by atoms with Gasteiger partial charge in [0.15, 0.2) is 0 Å². The molecule has 5 nitrogen and oxygen atoms in total. The van der Waals surface area contributed by atoms with Gasteiger partial charge in [0.2, 0.25) is 0 Å². The van der Waals surface area contributed by atoms with Crippen LogP contribution in [0.2, 0.25) is 0 Å². The molecule has 0 unspecified atom stereocenters. The lowest BCUT2D eigenvalue weighted by Gasteiger charge is -2.14. The van der Waals surface area contributed by atoms with Gasteiger partial charge in [0.25, 0.3) is 0 Å². The van der Waals surface area contributed by atoms with Gasteiger partial charge in [-0.3, -0.25) is 0 Å². The van der Waals surface area contributed by atoms with Crippen molar-refractivity contribution in [3.8, 4) is 5.69 Å². The summed E-state index contributed by atoms with van der Waals surface area (Å²) in [5.41, 5.74) is 5.59. The van der Waals surface area contributed by atoms with Gasteiger partial charge >= 0.3 is 0 Å². The van der Waals surface area contributed by atoms with Crippen molar-refractivity contribution >= 4 is 5.65 Å². The van der Waals surface area contributed by atoms with E-state index in [-0.39, 0.29) is 6.04 Å². The number of benzene rings is 1. The van der Waals surface area contributed by atoms with Crippen LogP contribution < -0.4 is 5.32 Å². The van der Waals surface area contributed by atoms with Crippen molar-refractivity contribution in [3.05, 3.63) is 84.3 Å². The Labute approximate surface area is 147 Å². The second-order valence-electron chi connectivity index (χ2n) is 6.30. The van der Waals surface area contributed by atoms with Crippen LogP contribution >= 0.6 is 0 Å². The van der Waals surface area contributed by atoms with Gasteiger partial charge in [-0.15, -0.1) is 0 Å². The molecule has 0 saturated carbocycles. The quantitative estimate of drug-likeness (QED) is 0.607. The highest BCUT2D eigenvalue weighted by atomic mass is 15.0. The molecule has 0 spiro atoms. The molecule has 0 amide bonds. The minimum Gasteiger partial charge on any atom is -0.306 e. The molecule has 126 valence electrons. The van der Waals surface area contributed by atoms with Crippen molar-refractivity contribution in [1.82, 2.24) is 24.3 Å². The Balaban J connectivity index is 1.49. The minimum absolute atomic E-state index is 0.231. The Morgan fingerprint density at radius 1 is 1.16 bits per heavy atom. The third-order valence-corrected chi connectivity index (χ3v) is 4.51. The molecule has 4 aromatic rings. The monoisotopic (exact) mass is 331 g/mol. The molecule has 0 radical (unpaired) electrons. The molecule has 1 N–H and O–H groups in total. The van der Waals surface area contributed by atoms with Crippen molar-refractivity contribution < 1.29 is 0 Å². The van der Waals surface area contributed by atoms with Crippen molar-refractivity contribution in [2.24, 2.45) is 0 Å². The summed E-state index contributed by atoms with van der Waals surface area (Å²) < 4.78 is 4.14. The lowest BCUT2D eigenvalue weighted by atomic mass is 10.1. The van der Waals surface area contributed by atoms with E-state index < -0.39 is 0 Å². The van der Waals surface area contributed by atoms with E-state index >= 15 is 0 Å².